The number of nitrogens with one attached hydrogen (secondary N) is 1. The van der Waals surface area contributed by atoms with E-state index in [-0.39, 0.29) is 0 Å². The van der Waals surface area contributed by atoms with Crippen LogP contribution in [0.4, 0.5) is 5.82 Å². The monoisotopic (exact) mass is 249 g/mol. The molecule has 0 spiro atoms. The van der Waals surface area contributed by atoms with Gasteiger partial charge in [0, 0.05) is 17.3 Å². The van der Waals surface area contributed by atoms with Crippen molar-refractivity contribution in [3.63, 3.8) is 0 Å². The van der Waals surface area contributed by atoms with Crippen LogP contribution in [0.15, 0.2) is 6.07 Å². The maximum Gasteiger partial charge on any atom is 0.138 e. The number of hydrogen-bond donors (Lipinski definition) is 1. The third kappa shape index (κ3) is 2.57. The third-order valence-corrected chi connectivity index (χ3v) is 3.54. The van der Waals surface area contributed by atoms with E-state index in [0.29, 0.717) is 5.92 Å². The van der Waals surface area contributed by atoms with E-state index in [1.54, 1.807) is 11.3 Å². The summed E-state index contributed by atoms with van der Waals surface area (Å²) in [6.45, 7) is 9.49. The van der Waals surface area contributed by atoms with E-state index in [1.165, 1.54) is 4.88 Å². The topological polar surface area (TPSA) is 37.8 Å². The maximum absolute atomic E-state index is 4.64. The van der Waals surface area contributed by atoms with Crippen molar-refractivity contribution in [1.29, 1.82) is 0 Å². The summed E-state index contributed by atoms with van der Waals surface area (Å²) in [5, 5.41) is 4.56. The van der Waals surface area contributed by atoms with Gasteiger partial charge in [-0.25, -0.2) is 9.97 Å². The quantitative estimate of drug-likeness (QED) is 0.891. The Morgan fingerprint density at radius 2 is 2.12 bits per heavy atom. The molecular formula is C13H19N3S. The Morgan fingerprint density at radius 3 is 2.76 bits per heavy atom. The minimum absolute atomic E-state index is 0.365. The maximum atomic E-state index is 4.64. The van der Waals surface area contributed by atoms with Crippen molar-refractivity contribution >= 4 is 27.4 Å². The van der Waals surface area contributed by atoms with E-state index >= 15 is 0 Å². The van der Waals surface area contributed by atoms with Gasteiger partial charge in [0.15, 0.2) is 0 Å². The van der Waals surface area contributed by atoms with Crippen LogP contribution in [0.1, 0.15) is 43.8 Å². The molecule has 4 heteroatoms. The fourth-order valence-corrected chi connectivity index (χ4v) is 2.58. The zero-order valence-electron chi connectivity index (χ0n) is 10.9. The predicted octanol–water partition coefficient (Wildman–Crippen LogP) is 3.95. The molecule has 92 valence electrons. The number of thiophene rings is 1. The van der Waals surface area contributed by atoms with Gasteiger partial charge in [0.25, 0.3) is 0 Å². The largest absolute Gasteiger partial charge is 0.369 e. The standard InChI is InChI=1S/C13H19N3S/c1-5-6-14-12-10-7-9(4)17-13(10)16-11(15-12)8(2)3/h7-8H,5-6H2,1-4H3,(H,14,15,16). The summed E-state index contributed by atoms with van der Waals surface area (Å²) in [6.07, 6.45) is 1.10. The van der Waals surface area contributed by atoms with Crippen LogP contribution in [0.5, 0.6) is 0 Å². The Hall–Kier alpha value is -1.16. The zero-order chi connectivity index (χ0) is 12.4. The molecule has 0 aliphatic heterocycles. The van der Waals surface area contributed by atoms with E-state index in [9.17, 15) is 0 Å². The van der Waals surface area contributed by atoms with Crippen molar-refractivity contribution in [2.75, 3.05) is 11.9 Å². The van der Waals surface area contributed by atoms with E-state index in [4.69, 9.17) is 0 Å². The average Bonchev–Trinajstić information content (AvgIpc) is 2.65. The molecule has 0 saturated heterocycles. The van der Waals surface area contributed by atoms with Gasteiger partial charge in [-0.1, -0.05) is 20.8 Å². The van der Waals surface area contributed by atoms with Gasteiger partial charge in [-0.15, -0.1) is 11.3 Å². The fraction of sp³-hybridized carbons (Fsp3) is 0.538. The van der Waals surface area contributed by atoms with Crippen LogP contribution < -0.4 is 5.32 Å². The lowest BCUT2D eigenvalue weighted by Crippen LogP contribution is -2.06. The van der Waals surface area contributed by atoms with Crippen molar-refractivity contribution in [3.05, 3.63) is 16.8 Å². The summed E-state index contributed by atoms with van der Waals surface area (Å²) < 4.78 is 0. The lowest BCUT2D eigenvalue weighted by molar-refractivity contribution is 0.783. The van der Waals surface area contributed by atoms with Gasteiger partial charge >= 0.3 is 0 Å². The molecule has 0 unspecified atom stereocenters. The second-order valence-corrected chi connectivity index (χ2v) is 5.82. The predicted molar refractivity (Wildman–Crippen MR) is 75.0 cm³/mol. The molecule has 17 heavy (non-hydrogen) atoms. The molecule has 0 aliphatic carbocycles. The summed E-state index contributed by atoms with van der Waals surface area (Å²) in [4.78, 5) is 11.7. The fourth-order valence-electron chi connectivity index (χ4n) is 1.69. The smallest absolute Gasteiger partial charge is 0.138 e. The second kappa shape index (κ2) is 5.00. The number of fused-ring (bicyclic) bond motifs is 1. The van der Waals surface area contributed by atoms with Crippen LogP contribution in [0.3, 0.4) is 0 Å². The summed E-state index contributed by atoms with van der Waals surface area (Å²) in [7, 11) is 0. The van der Waals surface area contributed by atoms with Crippen molar-refractivity contribution in [2.24, 2.45) is 0 Å². The normalized spacial score (nSPS) is 11.4. The lowest BCUT2D eigenvalue weighted by Gasteiger charge is -2.09. The highest BCUT2D eigenvalue weighted by Crippen LogP contribution is 2.29. The van der Waals surface area contributed by atoms with Gasteiger partial charge in [0.1, 0.15) is 16.5 Å². The number of aromatic nitrogens is 2. The molecule has 0 atom stereocenters. The van der Waals surface area contributed by atoms with Gasteiger partial charge in [-0.05, 0) is 19.4 Å². The van der Waals surface area contributed by atoms with Gasteiger partial charge in [-0.2, -0.15) is 0 Å². The van der Waals surface area contributed by atoms with E-state index < -0.39 is 0 Å². The molecule has 2 rings (SSSR count). The number of hydrogen-bond acceptors (Lipinski definition) is 4. The number of rotatable bonds is 4. The van der Waals surface area contributed by atoms with E-state index in [2.05, 4.69) is 49.0 Å². The Bertz CT molecular complexity index is 517. The van der Waals surface area contributed by atoms with Crippen LogP contribution >= 0.6 is 11.3 Å². The van der Waals surface area contributed by atoms with E-state index in [0.717, 1.165) is 34.8 Å². The molecule has 0 amide bonds. The highest BCUT2D eigenvalue weighted by atomic mass is 32.1. The SMILES string of the molecule is CCCNc1nc(C(C)C)nc2sc(C)cc12. The van der Waals surface area contributed by atoms with Crippen molar-refractivity contribution < 1.29 is 0 Å². The zero-order valence-corrected chi connectivity index (χ0v) is 11.7. The summed E-state index contributed by atoms with van der Waals surface area (Å²) in [6, 6.07) is 2.17. The minimum Gasteiger partial charge on any atom is -0.369 e. The average molecular weight is 249 g/mol. The molecule has 0 saturated carbocycles. The first-order valence-corrected chi connectivity index (χ1v) is 6.95. The highest BCUT2D eigenvalue weighted by Gasteiger charge is 2.11. The molecule has 0 radical (unpaired) electrons. The van der Waals surface area contributed by atoms with Crippen LogP contribution in [0, 0.1) is 6.92 Å². The number of anilines is 1. The Morgan fingerprint density at radius 1 is 1.35 bits per heavy atom. The summed E-state index contributed by atoms with van der Waals surface area (Å²) in [5.41, 5.74) is 0. The van der Waals surface area contributed by atoms with Crippen molar-refractivity contribution in [3.8, 4) is 0 Å². The van der Waals surface area contributed by atoms with Crippen LogP contribution in [0.2, 0.25) is 0 Å². The molecule has 0 aliphatic rings. The first-order chi connectivity index (χ1) is 8.11. The summed E-state index contributed by atoms with van der Waals surface area (Å²) >= 11 is 1.74. The first-order valence-electron chi connectivity index (χ1n) is 6.13. The van der Waals surface area contributed by atoms with Gasteiger partial charge in [0.2, 0.25) is 0 Å². The van der Waals surface area contributed by atoms with E-state index in [1.807, 2.05) is 0 Å². The van der Waals surface area contributed by atoms with Gasteiger partial charge in [-0.3, -0.25) is 0 Å². The summed E-state index contributed by atoms with van der Waals surface area (Å²) in [5.74, 6) is 2.28. The minimum atomic E-state index is 0.365. The molecule has 2 aromatic heterocycles. The molecule has 3 nitrogen and oxygen atoms in total. The first kappa shape index (κ1) is 12.3. The Kier molecular flexibility index (Phi) is 3.62. The highest BCUT2D eigenvalue weighted by molar-refractivity contribution is 7.18. The van der Waals surface area contributed by atoms with Gasteiger partial charge < -0.3 is 5.32 Å². The molecule has 0 fully saturated rings. The van der Waals surface area contributed by atoms with Gasteiger partial charge in [0.05, 0.1) is 5.39 Å². The number of aryl methyl sites for hydroxylation is 1. The second-order valence-electron chi connectivity index (χ2n) is 4.59. The lowest BCUT2D eigenvalue weighted by atomic mass is 10.2. The number of nitrogens with zero attached hydrogens (tertiary/aromatic N) is 2. The third-order valence-electron chi connectivity index (χ3n) is 2.59. The molecule has 2 aromatic rings. The van der Waals surface area contributed by atoms with Crippen LogP contribution in [0.25, 0.3) is 10.2 Å². The Labute approximate surface area is 106 Å². The molecule has 0 bridgehead atoms. The molecular weight excluding hydrogens is 230 g/mol. The Balaban J connectivity index is 2.52. The van der Waals surface area contributed by atoms with Crippen molar-refractivity contribution in [2.45, 2.75) is 40.0 Å². The molecule has 2 heterocycles. The van der Waals surface area contributed by atoms with Crippen molar-refractivity contribution in [1.82, 2.24) is 9.97 Å². The van der Waals surface area contributed by atoms with Crippen LogP contribution in [-0.2, 0) is 0 Å². The molecule has 0 aromatic carbocycles. The van der Waals surface area contributed by atoms with Crippen LogP contribution in [-0.4, -0.2) is 16.5 Å². The molecule has 1 N–H and O–H groups in total.